The molecule has 5 heteroatoms. The van der Waals surface area contributed by atoms with Crippen molar-refractivity contribution in [2.24, 2.45) is 0 Å². The van der Waals surface area contributed by atoms with Crippen LogP contribution < -0.4 is 0 Å². The van der Waals surface area contributed by atoms with E-state index in [0.29, 0.717) is 6.54 Å². The van der Waals surface area contributed by atoms with Crippen LogP contribution in [0.3, 0.4) is 0 Å². The van der Waals surface area contributed by atoms with Crippen LogP contribution in [0.5, 0.6) is 0 Å². The van der Waals surface area contributed by atoms with Crippen LogP contribution in [0.1, 0.15) is 25.8 Å². The smallest absolute Gasteiger partial charge is 0.304 e. The molecule has 0 aliphatic carbocycles. The Morgan fingerprint density at radius 2 is 2.10 bits per heavy atom. The molecule has 1 aromatic carbocycles. The molecule has 0 bridgehead atoms. The van der Waals surface area contributed by atoms with Gasteiger partial charge in [-0.25, -0.2) is 4.68 Å². The van der Waals surface area contributed by atoms with Crippen LogP contribution in [0.4, 0.5) is 0 Å². The molecule has 0 radical (unpaired) electrons. The zero-order valence-corrected chi connectivity index (χ0v) is 12.4. The monoisotopic (exact) mass is 287 g/mol. The van der Waals surface area contributed by atoms with Gasteiger partial charge in [-0.05, 0) is 25.6 Å². The molecule has 21 heavy (non-hydrogen) atoms. The minimum absolute atomic E-state index is 0.00701. The average Bonchev–Trinajstić information content (AvgIpc) is 2.93. The molecule has 0 spiro atoms. The first-order valence-corrected chi connectivity index (χ1v) is 7.15. The molecule has 0 aliphatic heterocycles. The van der Waals surface area contributed by atoms with E-state index in [9.17, 15) is 4.79 Å². The van der Waals surface area contributed by atoms with Gasteiger partial charge in [-0.15, -0.1) is 0 Å². The highest BCUT2D eigenvalue weighted by Crippen LogP contribution is 2.12. The summed E-state index contributed by atoms with van der Waals surface area (Å²) in [6, 6.07) is 9.93. The number of carboxylic acids is 1. The zero-order valence-electron chi connectivity index (χ0n) is 12.4. The molecule has 1 aromatic heterocycles. The fourth-order valence-corrected chi connectivity index (χ4v) is 2.36. The van der Waals surface area contributed by atoms with Gasteiger partial charge in [0.2, 0.25) is 0 Å². The average molecular weight is 287 g/mol. The third kappa shape index (κ3) is 4.16. The molecule has 0 saturated carbocycles. The maximum absolute atomic E-state index is 10.8. The predicted molar refractivity (Wildman–Crippen MR) is 81.4 cm³/mol. The van der Waals surface area contributed by atoms with E-state index in [1.54, 1.807) is 0 Å². The fraction of sp³-hybridized carbons (Fsp3) is 0.375. The van der Waals surface area contributed by atoms with E-state index < -0.39 is 5.97 Å². The van der Waals surface area contributed by atoms with Gasteiger partial charge in [0, 0.05) is 24.3 Å². The van der Waals surface area contributed by atoms with Crippen LogP contribution in [0.2, 0.25) is 0 Å². The molecule has 0 saturated heterocycles. The summed E-state index contributed by atoms with van der Waals surface area (Å²) in [5, 5.41) is 13.3. The summed E-state index contributed by atoms with van der Waals surface area (Å²) in [6.45, 7) is 5.50. The lowest BCUT2D eigenvalue weighted by Gasteiger charge is -2.26. The van der Waals surface area contributed by atoms with Crippen molar-refractivity contribution in [1.82, 2.24) is 14.7 Å². The van der Waals surface area contributed by atoms with E-state index in [-0.39, 0.29) is 12.5 Å². The van der Waals surface area contributed by atoms with Gasteiger partial charge in [-0.2, -0.15) is 5.10 Å². The zero-order chi connectivity index (χ0) is 15.2. The predicted octanol–water partition coefficient (Wildman–Crippen LogP) is 2.56. The highest BCUT2D eigenvalue weighted by molar-refractivity contribution is 5.67. The number of carboxylic acid groups (broad SMARTS) is 1. The maximum atomic E-state index is 10.8. The van der Waals surface area contributed by atoms with E-state index in [0.717, 1.165) is 17.8 Å². The fourth-order valence-electron chi connectivity index (χ4n) is 2.36. The minimum atomic E-state index is -0.763. The molecular weight excluding hydrogens is 266 g/mol. The van der Waals surface area contributed by atoms with Crippen molar-refractivity contribution in [2.75, 3.05) is 6.54 Å². The molecule has 1 atom stereocenters. The number of aliphatic carboxylic acids is 1. The van der Waals surface area contributed by atoms with Crippen LogP contribution in [-0.4, -0.2) is 38.3 Å². The number of nitrogens with zero attached hydrogens (tertiary/aromatic N) is 3. The van der Waals surface area contributed by atoms with Gasteiger partial charge in [0.05, 0.1) is 18.3 Å². The number of carbonyl (C=O) groups is 1. The first-order chi connectivity index (χ1) is 10.1. The van der Waals surface area contributed by atoms with E-state index in [2.05, 4.69) is 10.00 Å². The van der Waals surface area contributed by atoms with Gasteiger partial charge < -0.3 is 5.11 Å². The van der Waals surface area contributed by atoms with Crippen molar-refractivity contribution in [3.63, 3.8) is 0 Å². The first-order valence-electron chi connectivity index (χ1n) is 7.15. The Balaban J connectivity index is 2.05. The molecule has 2 aromatic rings. The Hall–Kier alpha value is -2.14. The third-order valence-electron chi connectivity index (χ3n) is 3.54. The number of hydrogen-bond donors (Lipinski definition) is 1. The molecule has 0 fully saturated rings. The Morgan fingerprint density at radius 3 is 2.71 bits per heavy atom. The number of para-hydroxylation sites is 1. The summed E-state index contributed by atoms with van der Waals surface area (Å²) in [5.74, 6) is -0.763. The van der Waals surface area contributed by atoms with Gasteiger partial charge in [-0.3, -0.25) is 9.69 Å². The molecule has 1 heterocycles. The van der Waals surface area contributed by atoms with Crippen molar-refractivity contribution < 1.29 is 9.90 Å². The molecule has 112 valence electrons. The number of benzene rings is 1. The van der Waals surface area contributed by atoms with E-state index in [1.165, 1.54) is 0 Å². The molecular formula is C16H21N3O2. The number of rotatable bonds is 7. The second kappa shape index (κ2) is 7.04. The largest absolute Gasteiger partial charge is 0.481 e. The van der Waals surface area contributed by atoms with Crippen LogP contribution in [0.15, 0.2) is 42.7 Å². The molecule has 1 N–H and O–H groups in total. The van der Waals surface area contributed by atoms with Crippen LogP contribution in [0.25, 0.3) is 5.69 Å². The first kappa shape index (κ1) is 15.3. The molecule has 0 amide bonds. The summed E-state index contributed by atoms with van der Waals surface area (Å²) >= 11 is 0. The highest BCUT2D eigenvalue weighted by atomic mass is 16.4. The van der Waals surface area contributed by atoms with Crippen molar-refractivity contribution in [1.29, 1.82) is 0 Å². The normalized spacial score (nSPS) is 12.5. The Kier molecular flexibility index (Phi) is 5.11. The van der Waals surface area contributed by atoms with E-state index >= 15 is 0 Å². The second-order valence-corrected chi connectivity index (χ2v) is 5.14. The molecule has 2 rings (SSSR count). The van der Waals surface area contributed by atoms with E-state index in [4.69, 9.17) is 5.11 Å². The third-order valence-corrected chi connectivity index (χ3v) is 3.54. The lowest BCUT2D eigenvalue weighted by Crippen LogP contribution is -2.34. The summed E-state index contributed by atoms with van der Waals surface area (Å²) < 4.78 is 1.84. The van der Waals surface area contributed by atoms with Crippen LogP contribution in [-0.2, 0) is 11.3 Å². The van der Waals surface area contributed by atoms with Crippen molar-refractivity contribution in [3.8, 4) is 5.69 Å². The quantitative estimate of drug-likeness (QED) is 0.850. The summed E-state index contributed by atoms with van der Waals surface area (Å²) in [5.41, 5.74) is 2.10. The van der Waals surface area contributed by atoms with Crippen molar-refractivity contribution >= 4 is 5.97 Å². The molecule has 1 unspecified atom stereocenters. The maximum Gasteiger partial charge on any atom is 0.304 e. The summed E-state index contributed by atoms with van der Waals surface area (Å²) in [6.07, 6.45) is 3.98. The molecule has 0 aliphatic rings. The van der Waals surface area contributed by atoms with Crippen LogP contribution in [0, 0.1) is 0 Å². The number of aromatic nitrogens is 2. The highest BCUT2D eigenvalue weighted by Gasteiger charge is 2.16. The van der Waals surface area contributed by atoms with Gasteiger partial charge in [0.1, 0.15) is 0 Å². The summed E-state index contributed by atoms with van der Waals surface area (Å²) in [7, 11) is 0. The van der Waals surface area contributed by atoms with Gasteiger partial charge in [0.15, 0.2) is 0 Å². The number of hydrogen-bond acceptors (Lipinski definition) is 3. The Bertz CT molecular complexity index is 580. The second-order valence-electron chi connectivity index (χ2n) is 5.14. The van der Waals surface area contributed by atoms with E-state index in [1.807, 2.05) is 61.3 Å². The van der Waals surface area contributed by atoms with Gasteiger partial charge >= 0.3 is 5.97 Å². The van der Waals surface area contributed by atoms with Gasteiger partial charge in [-0.1, -0.05) is 25.1 Å². The van der Waals surface area contributed by atoms with Crippen molar-refractivity contribution in [3.05, 3.63) is 48.3 Å². The lowest BCUT2D eigenvalue weighted by molar-refractivity contribution is -0.138. The Morgan fingerprint density at radius 1 is 1.38 bits per heavy atom. The minimum Gasteiger partial charge on any atom is -0.481 e. The van der Waals surface area contributed by atoms with Gasteiger partial charge in [0.25, 0.3) is 0 Å². The topological polar surface area (TPSA) is 58.4 Å². The standard InChI is InChI=1S/C16H21N3O2/c1-3-18(13(2)9-16(20)21)11-14-10-17-19(12-14)15-7-5-4-6-8-15/h4-8,10,12-13H,3,9,11H2,1-2H3,(H,20,21). The molecule has 5 nitrogen and oxygen atoms in total. The SMILES string of the molecule is CCN(Cc1cnn(-c2ccccc2)c1)C(C)CC(=O)O. The van der Waals surface area contributed by atoms with Crippen LogP contribution >= 0.6 is 0 Å². The Labute approximate surface area is 124 Å². The lowest BCUT2D eigenvalue weighted by atomic mass is 10.2. The van der Waals surface area contributed by atoms with Crippen molar-refractivity contribution in [2.45, 2.75) is 32.9 Å². The summed E-state index contributed by atoms with van der Waals surface area (Å²) in [4.78, 5) is 13.0.